The lowest BCUT2D eigenvalue weighted by atomic mass is 9.36. The zero-order valence-electron chi connectivity index (χ0n) is 22.8. The van der Waals surface area contributed by atoms with Crippen LogP contribution in [0.15, 0.2) is 46.3 Å². The first kappa shape index (κ1) is 24.6. The lowest BCUT2D eigenvalue weighted by Crippen LogP contribution is -2.59. The van der Waals surface area contributed by atoms with Crippen molar-refractivity contribution in [3.63, 3.8) is 0 Å². The predicted molar refractivity (Wildman–Crippen MR) is 139 cm³/mol. The van der Waals surface area contributed by atoms with E-state index < -0.39 is 5.41 Å². The Morgan fingerprint density at radius 3 is 2.31 bits per heavy atom. The Morgan fingerprint density at radius 2 is 1.66 bits per heavy atom. The fourth-order valence-corrected chi connectivity index (χ4v) is 9.18. The van der Waals surface area contributed by atoms with Crippen molar-refractivity contribution in [1.29, 1.82) is 0 Å². The number of fused-ring (bicyclic) bond motifs is 7. The SMILES string of the molecule is COC1=C(C)C2=CC=C3[C@@](C)(CC[C@@]4(C)[C@H]5CC[C@](C)(C(N)=O)CC[C@]5(C)CC[C@]34C)C2=CC1=O. The van der Waals surface area contributed by atoms with Crippen molar-refractivity contribution in [3.05, 3.63) is 46.3 Å². The molecule has 35 heavy (non-hydrogen) atoms. The number of carbonyl (C=O) groups is 2. The second-order valence-corrected chi connectivity index (χ2v) is 13.5. The van der Waals surface area contributed by atoms with E-state index in [1.807, 2.05) is 13.0 Å². The van der Waals surface area contributed by atoms with Crippen LogP contribution in [-0.2, 0) is 14.3 Å². The van der Waals surface area contributed by atoms with Crippen molar-refractivity contribution in [2.75, 3.05) is 7.11 Å². The fraction of sp³-hybridized carbons (Fsp3) is 0.677. The molecule has 3 fully saturated rings. The molecule has 0 aromatic carbocycles. The van der Waals surface area contributed by atoms with E-state index in [4.69, 9.17) is 10.5 Å². The van der Waals surface area contributed by atoms with Crippen LogP contribution in [0.5, 0.6) is 0 Å². The Kier molecular flexibility index (Phi) is 5.24. The second kappa shape index (κ2) is 7.46. The van der Waals surface area contributed by atoms with E-state index in [9.17, 15) is 9.59 Å². The summed E-state index contributed by atoms with van der Waals surface area (Å²) in [6, 6.07) is 0. The third-order valence-electron chi connectivity index (χ3n) is 12.0. The number of allylic oxidation sites excluding steroid dienone is 7. The molecule has 4 heteroatoms. The average Bonchev–Trinajstić information content (AvgIpc) is 2.94. The largest absolute Gasteiger partial charge is 0.492 e. The summed E-state index contributed by atoms with van der Waals surface area (Å²) in [5.41, 5.74) is 10.6. The van der Waals surface area contributed by atoms with Crippen LogP contribution in [0.25, 0.3) is 0 Å². The van der Waals surface area contributed by atoms with Gasteiger partial charge in [-0.2, -0.15) is 0 Å². The number of ketones is 1. The third-order valence-corrected chi connectivity index (χ3v) is 12.0. The maximum Gasteiger partial charge on any atom is 0.223 e. The van der Waals surface area contributed by atoms with E-state index in [0.29, 0.717) is 11.7 Å². The van der Waals surface area contributed by atoms with E-state index >= 15 is 0 Å². The molecule has 5 rings (SSSR count). The smallest absolute Gasteiger partial charge is 0.223 e. The fourth-order valence-electron chi connectivity index (χ4n) is 9.18. The average molecular weight is 478 g/mol. The zero-order chi connectivity index (χ0) is 25.6. The van der Waals surface area contributed by atoms with Crippen LogP contribution in [0.3, 0.4) is 0 Å². The highest BCUT2D eigenvalue weighted by Gasteiger charge is 2.65. The molecule has 2 N–H and O–H groups in total. The summed E-state index contributed by atoms with van der Waals surface area (Å²) in [5.74, 6) is 0.874. The highest BCUT2D eigenvalue weighted by atomic mass is 16.5. The summed E-state index contributed by atoms with van der Waals surface area (Å²) in [6.45, 7) is 14.0. The Balaban J connectivity index is 1.60. The van der Waals surface area contributed by atoms with Gasteiger partial charge in [0.1, 0.15) is 0 Å². The summed E-state index contributed by atoms with van der Waals surface area (Å²) in [4.78, 5) is 25.4. The summed E-state index contributed by atoms with van der Waals surface area (Å²) < 4.78 is 5.46. The van der Waals surface area contributed by atoms with Crippen molar-refractivity contribution in [1.82, 2.24) is 0 Å². The Labute approximate surface area is 211 Å². The maximum atomic E-state index is 13.0. The lowest BCUT2D eigenvalue weighted by Gasteiger charge is -2.68. The van der Waals surface area contributed by atoms with Gasteiger partial charge in [-0.25, -0.2) is 0 Å². The highest BCUT2D eigenvalue weighted by Crippen LogP contribution is 2.74. The standard InChI is InChI=1S/C31H43NO3/c1-19-20-8-9-24-29(4,21(20)18-22(33)25(19)35-7)15-17-30(5)23-10-11-28(3,26(32)34)13-12-27(23,2)14-16-31(24,30)6/h8-9,18,23H,10-17H2,1-7H3,(H2,32,34)/t23-,27+,28-,29-,30-,31+/m0/s1. The van der Waals surface area contributed by atoms with Crippen LogP contribution in [0.1, 0.15) is 92.9 Å². The molecule has 0 saturated heterocycles. The van der Waals surface area contributed by atoms with Gasteiger partial charge < -0.3 is 10.5 Å². The number of amides is 1. The summed E-state index contributed by atoms with van der Waals surface area (Å²) in [7, 11) is 1.59. The minimum Gasteiger partial charge on any atom is -0.492 e. The summed E-state index contributed by atoms with van der Waals surface area (Å²) in [5, 5.41) is 0. The van der Waals surface area contributed by atoms with Gasteiger partial charge >= 0.3 is 0 Å². The molecule has 1 amide bonds. The minimum absolute atomic E-state index is 0.0103. The van der Waals surface area contributed by atoms with E-state index in [0.717, 1.165) is 56.1 Å². The van der Waals surface area contributed by atoms with Gasteiger partial charge in [0.05, 0.1) is 7.11 Å². The second-order valence-electron chi connectivity index (χ2n) is 13.5. The molecule has 0 aliphatic heterocycles. The number of rotatable bonds is 2. The number of hydrogen-bond acceptors (Lipinski definition) is 3. The van der Waals surface area contributed by atoms with Crippen LogP contribution in [0.2, 0.25) is 0 Å². The number of methoxy groups -OCH3 is 1. The molecule has 6 atom stereocenters. The summed E-state index contributed by atoms with van der Waals surface area (Å²) >= 11 is 0. The van der Waals surface area contributed by atoms with Gasteiger partial charge in [0, 0.05) is 16.4 Å². The van der Waals surface area contributed by atoms with Crippen LogP contribution in [0.4, 0.5) is 0 Å². The molecule has 5 aliphatic rings. The number of ether oxygens (including phenoxy) is 1. The van der Waals surface area contributed by atoms with Crippen LogP contribution in [-0.4, -0.2) is 18.8 Å². The molecule has 0 aromatic heterocycles. The molecule has 0 aromatic rings. The van der Waals surface area contributed by atoms with Gasteiger partial charge in [0.25, 0.3) is 0 Å². The molecule has 0 heterocycles. The van der Waals surface area contributed by atoms with Crippen molar-refractivity contribution in [2.45, 2.75) is 92.9 Å². The molecule has 0 unspecified atom stereocenters. The van der Waals surface area contributed by atoms with Gasteiger partial charge in [-0.3, -0.25) is 9.59 Å². The van der Waals surface area contributed by atoms with Gasteiger partial charge in [-0.1, -0.05) is 52.3 Å². The van der Waals surface area contributed by atoms with Crippen molar-refractivity contribution >= 4 is 11.7 Å². The van der Waals surface area contributed by atoms with Gasteiger partial charge in [0.15, 0.2) is 5.76 Å². The van der Waals surface area contributed by atoms with Crippen LogP contribution in [0, 0.1) is 33.0 Å². The van der Waals surface area contributed by atoms with E-state index in [1.165, 1.54) is 17.6 Å². The van der Waals surface area contributed by atoms with Crippen molar-refractivity contribution in [3.8, 4) is 0 Å². The molecule has 190 valence electrons. The maximum absolute atomic E-state index is 13.0. The number of hydrogen-bond donors (Lipinski definition) is 1. The predicted octanol–water partition coefficient (Wildman–Crippen LogP) is 6.58. The third kappa shape index (κ3) is 3.04. The van der Waals surface area contributed by atoms with Gasteiger partial charge in [-0.05, 0) is 97.7 Å². The zero-order valence-corrected chi connectivity index (χ0v) is 22.8. The Morgan fingerprint density at radius 1 is 0.971 bits per heavy atom. The normalized spacial score (nSPS) is 45.1. The summed E-state index contributed by atoms with van der Waals surface area (Å²) in [6.07, 6.45) is 14.9. The molecule has 5 aliphatic carbocycles. The molecule has 0 radical (unpaired) electrons. The first-order valence-corrected chi connectivity index (χ1v) is 13.5. The molecular formula is C31H43NO3. The van der Waals surface area contributed by atoms with Gasteiger partial charge in [-0.15, -0.1) is 0 Å². The molecule has 0 bridgehead atoms. The number of primary amides is 1. The number of nitrogens with two attached hydrogens (primary N) is 1. The van der Waals surface area contributed by atoms with E-state index in [2.05, 4.69) is 46.8 Å². The van der Waals surface area contributed by atoms with Crippen molar-refractivity contribution in [2.24, 2.45) is 38.7 Å². The molecule has 3 saturated carbocycles. The van der Waals surface area contributed by atoms with E-state index in [-0.39, 0.29) is 33.4 Å². The number of carbonyl (C=O) groups excluding carboxylic acids is 2. The topological polar surface area (TPSA) is 69.4 Å². The van der Waals surface area contributed by atoms with Gasteiger partial charge in [0.2, 0.25) is 11.7 Å². The molecular weight excluding hydrogens is 434 g/mol. The Bertz CT molecular complexity index is 1140. The first-order valence-electron chi connectivity index (χ1n) is 13.5. The first-order chi connectivity index (χ1) is 16.3. The minimum atomic E-state index is -0.395. The monoisotopic (exact) mass is 477 g/mol. The van der Waals surface area contributed by atoms with Crippen LogP contribution < -0.4 is 5.73 Å². The Hall–Kier alpha value is -2.10. The van der Waals surface area contributed by atoms with Crippen molar-refractivity contribution < 1.29 is 14.3 Å². The highest BCUT2D eigenvalue weighted by molar-refractivity contribution is 6.07. The molecule has 4 nitrogen and oxygen atoms in total. The van der Waals surface area contributed by atoms with Crippen LogP contribution >= 0.6 is 0 Å². The lowest BCUT2D eigenvalue weighted by molar-refractivity contribution is -0.128. The quantitative estimate of drug-likeness (QED) is 0.488. The van der Waals surface area contributed by atoms with E-state index in [1.54, 1.807) is 7.11 Å². The molecule has 0 spiro atoms.